The van der Waals surface area contributed by atoms with E-state index in [1.807, 2.05) is 41.8 Å². The molecule has 0 bridgehead atoms. The van der Waals surface area contributed by atoms with Crippen molar-refractivity contribution in [2.45, 2.75) is 16.6 Å². The number of nitrogens with one attached hydrogen (secondary N) is 1. The molecule has 2 aromatic heterocycles. The molecule has 0 radical (unpaired) electrons. The van der Waals surface area contributed by atoms with E-state index in [1.54, 1.807) is 16.0 Å². The lowest BCUT2D eigenvalue weighted by Crippen LogP contribution is -2.15. The fourth-order valence-electron chi connectivity index (χ4n) is 2.07. The van der Waals surface area contributed by atoms with E-state index in [2.05, 4.69) is 26.9 Å². The van der Waals surface area contributed by atoms with E-state index in [0.29, 0.717) is 23.1 Å². The number of nitriles is 1. The van der Waals surface area contributed by atoms with Gasteiger partial charge in [-0.2, -0.15) is 5.26 Å². The number of thioether (sulfide) groups is 2. The van der Waals surface area contributed by atoms with Gasteiger partial charge in [-0.25, -0.2) is 4.68 Å². The lowest BCUT2D eigenvalue weighted by molar-refractivity contribution is -0.113. The molecule has 0 spiro atoms. The zero-order valence-corrected chi connectivity index (χ0v) is 16.0. The average Bonchev–Trinajstić information content (AvgIpc) is 3.32. The molecule has 132 valence electrons. The Hall–Kier alpha value is -2.35. The summed E-state index contributed by atoms with van der Waals surface area (Å²) in [5.41, 5.74) is 0.705. The molecule has 26 heavy (non-hydrogen) atoms. The van der Waals surface area contributed by atoms with E-state index >= 15 is 0 Å². The molecule has 2 heterocycles. The molecule has 3 rings (SSSR count). The van der Waals surface area contributed by atoms with E-state index < -0.39 is 0 Å². The van der Waals surface area contributed by atoms with E-state index in [1.165, 1.54) is 23.5 Å². The van der Waals surface area contributed by atoms with Gasteiger partial charge in [0.15, 0.2) is 0 Å². The molecule has 0 saturated carbocycles. The number of carbonyl (C=O) groups is 1. The maximum absolute atomic E-state index is 12.3. The summed E-state index contributed by atoms with van der Waals surface area (Å²) in [6.45, 7) is 0.586. The van der Waals surface area contributed by atoms with Crippen molar-refractivity contribution in [1.82, 2.24) is 20.2 Å². The van der Waals surface area contributed by atoms with Crippen LogP contribution in [-0.4, -0.2) is 37.6 Å². The van der Waals surface area contributed by atoms with Crippen LogP contribution in [0, 0.1) is 11.3 Å². The molecule has 0 aliphatic heterocycles. The lowest BCUT2D eigenvalue weighted by atomic mass is 10.3. The second kappa shape index (κ2) is 9.38. The van der Waals surface area contributed by atoms with Crippen LogP contribution in [-0.2, 0) is 11.3 Å². The molecule has 0 aliphatic carbocycles. The second-order valence-corrected chi connectivity index (χ2v) is 7.97. The number of anilines is 1. The highest BCUT2D eigenvalue weighted by molar-refractivity contribution is 8.00. The quantitative estimate of drug-likeness (QED) is 0.578. The van der Waals surface area contributed by atoms with Crippen LogP contribution in [0.1, 0.15) is 4.88 Å². The van der Waals surface area contributed by atoms with Crippen molar-refractivity contribution in [1.29, 1.82) is 5.26 Å². The number of para-hydroxylation sites is 1. The molecule has 0 saturated heterocycles. The van der Waals surface area contributed by atoms with Crippen molar-refractivity contribution in [3.63, 3.8) is 0 Å². The predicted molar refractivity (Wildman–Crippen MR) is 103 cm³/mol. The van der Waals surface area contributed by atoms with Crippen LogP contribution in [0.4, 0.5) is 5.69 Å². The number of rotatable bonds is 8. The number of hydrogen-bond donors (Lipinski definition) is 1. The minimum absolute atomic E-state index is 0.148. The molecular formula is C16H14N6OS3. The summed E-state index contributed by atoms with van der Waals surface area (Å²) in [5.74, 6) is 0.381. The summed E-state index contributed by atoms with van der Waals surface area (Å²) < 4.78 is 1.68. The summed E-state index contributed by atoms with van der Waals surface area (Å²) in [4.78, 5) is 14.3. The minimum atomic E-state index is -0.148. The standard InChI is InChI=1S/C16H14N6OS3/c17-7-9-25-14-6-2-1-5-13(14)18-15(23)11-26-16-19-20-21-22(16)10-12-4-3-8-24-12/h1-6,8H,9-11H2,(H,18,23). The SMILES string of the molecule is N#CCSc1ccccc1NC(=O)CSc1nnnn1Cc1cccs1. The topological polar surface area (TPSA) is 96.5 Å². The van der Waals surface area contributed by atoms with Crippen molar-refractivity contribution >= 4 is 46.5 Å². The Morgan fingerprint density at radius 2 is 2.15 bits per heavy atom. The van der Waals surface area contributed by atoms with Gasteiger partial charge in [0.1, 0.15) is 0 Å². The first-order valence-electron chi connectivity index (χ1n) is 7.56. The average molecular weight is 403 g/mol. The van der Waals surface area contributed by atoms with Crippen molar-refractivity contribution < 1.29 is 4.79 Å². The van der Waals surface area contributed by atoms with Crippen molar-refractivity contribution in [2.75, 3.05) is 16.8 Å². The number of aromatic nitrogens is 4. The molecule has 3 aromatic rings. The van der Waals surface area contributed by atoms with Crippen LogP contribution >= 0.6 is 34.9 Å². The Kier molecular flexibility index (Phi) is 6.65. The monoisotopic (exact) mass is 402 g/mol. The molecule has 0 fully saturated rings. The number of tetrazole rings is 1. The third kappa shape index (κ3) is 5.08. The number of thiophene rings is 1. The van der Waals surface area contributed by atoms with Gasteiger partial charge in [-0.15, -0.1) is 28.2 Å². The molecule has 7 nitrogen and oxygen atoms in total. The van der Waals surface area contributed by atoms with Crippen LogP contribution < -0.4 is 5.32 Å². The summed E-state index contributed by atoms with van der Waals surface area (Å²) in [6, 6.07) is 13.5. The van der Waals surface area contributed by atoms with Crippen molar-refractivity contribution in [3.05, 3.63) is 46.7 Å². The number of hydrogen-bond acceptors (Lipinski definition) is 8. The number of amides is 1. The summed E-state index contributed by atoms with van der Waals surface area (Å²) in [5, 5.41) is 25.9. The van der Waals surface area contributed by atoms with Gasteiger partial charge in [0.2, 0.25) is 11.1 Å². The molecule has 0 aliphatic rings. The first-order valence-corrected chi connectivity index (χ1v) is 10.4. The maximum atomic E-state index is 12.3. The Morgan fingerprint density at radius 3 is 2.96 bits per heavy atom. The first-order chi connectivity index (χ1) is 12.8. The van der Waals surface area contributed by atoms with Gasteiger partial charge in [-0.3, -0.25) is 4.79 Å². The first kappa shape index (κ1) is 18.4. The van der Waals surface area contributed by atoms with Crippen molar-refractivity contribution in [3.8, 4) is 6.07 Å². The van der Waals surface area contributed by atoms with Crippen LogP contribution in [0.3, 0.4) is 0 Å². The van der Waals surface area contributed by atoms with E-state index in [9.17, 15) is 4.79 Å². The van der Waals surface area contributed by atoms with Crippen LogP contribution in [0.25, 0.3) is 0 Å². The van der Waals surface area contributed by atoms with Gasteiger partial charge >= 0.3 is 0 Å². The number of carbonyl (C=O) groups excluding carboxylic acids is 1. The molecule has 1 aromatic carbocycles. The Balaban J connectivity index is 1.57. The number of benzene rings is 1. The highest BCUT2D eigenvalue weighted by Gasteiger charge is 2.12. The summed E-state index contributed by atoms with van der Waals surface area (Å²) >= 11 is 4.31. The zero-order chi connectivity index (χ0) is 18.2. The Labute approximate surface area is 162 Å². The van der Waals surface area contributed by atoms with Crippen LogP contribution in [0.2, 0.25) is 0 Å². The fraction of sp³-hybridized carbons (Fsp3) is 0.188. The Morgan fingerprint density at radius 1 is 1.27 bits per heavy atom. The van der Waals surface area contributed by atoms with Gasteiger partial charge in [0.25, 0.3) is 0 Å². The van der Waals surface area contributed by atoms with Crippen molar-refractivity contribution in [2.24, 2.45) is 0 Å². The summed E-state index contributed by atoms with van der Waals surface area (Å²) in [7, 11) is 0. The van der Waals surface area contributed by atoms with E-state index in [-0.39, 0.29) is 11.7 Å². The summed E-state index contributed by atoms with van der Waals surface area (Å²) in [6.07, 6.45) is 0. The normalized spacial score (nSPS) is 10.4. The second-order valence-electron chi connectivity index (χ2n) is 4.98. The zero-order valence-electron chi connectivity index (χ0n) is 13.5. The van der Waals surface area contributed by atoms with Gasteiger partial charge in [-0.05, 0) is 34.0 Å². The van der Waals surface area contributed by atoms with Crippen LogP contribution in [0.5, 0.6) is 0 Å². The fourth-order valence-corrected chi connectivity index (χ4v) is 4.10. The molecule has 1 amide bonds. The Bertz CT molecular complexity index is 903. The van der Waals surface area contributed by atoms with Gasteiger partial charge in [-0.1, -0.05) is 30.0 Å². The molecule has 0 unspecified atom stereocenters. The van der Waals surface area contributed by atoms with Gasteiger partial charge < -0.3 is 5.32 Å². The molecule has 1 N–H and O–H groups in total. The third-order valence-electron chi connectivity index (χ3n) is 3.17. The molecule has 0 atom stereocenters. The number of nitrogens with zero attached hydrogens (tertiary/aromatic N) is 5. The smallest absolute Gasteiger partial charge is 0.234 e. The van der Waals surface area contributed by atoms with E-state index in [4.69, 9.17) is 5.26 Å². The van der Waals surface area contributed by atoms with Gasteiger partial charge in [0.05, 0.1) is 29.8 Å². The highest BCUT2D eigenvalue weighted by atomic mass is 32.2. The van der Waals surface area contributed by atoms with Crippen LogP contribution in [0.15, 0.2) is 51.8 Å². The maximum Gasteiger partial charge on any atom is 0.234 e. The molecular weight excluding hydrogens is 388 g/mol. The predicted octanol–water partition coefficient (Wildman–Crippen LogP) is 3.13. The highest BCUT2D eigenvalue weighted by Crippen LogP contribution is 2.27. The third-order valence-corrected chi connectivity index (χ3v) is 5.93. The van der Waals surface area contributed by atoms with E-state index in [0.717, 1.165) is 9.77 Å². The largest absolute Gasteiger partial charge is 0.324 e. The van der Waals surface area contributed by atoms with Gasteiger partial charge in [0, 0.05) is 9.77 Å². The lowest BCUT2D eigenvalue weighted by Gasteiger charge is -2.09. The minimum Gasteiger partial charge on any atom is -0.324 e. The molecule has 10 heteroatoms.